The smallest absolute Gasteiger partial charge is 0.338 e. The van der Waals surface area contributed by atoms with Crippen molar-refractivity contribution in [1.82, 2.24) is 10.6 Å². The van der Waals surface area contributed by atoms with Crippen LogP contribution in [0, 0.1) is 0 Å². The summed E-state index contributed by atoms with van der Waals surface area (Å²) >= 11 is 12.0. The summed E-state index contributed by atoms with van der Waals surface area (Å²) in [5, 5.41) is 7.01. The van der Waals surface area contributed by atoms with E-state index in [4.69, 9.17) is 38.0 Å². The summed E-state index contributed by atoms with van der Waals surface area (Å²) in [6, 6.07) is 12.4. The maximum Gasteiger partial charge on any atom is 0.338 e. The lowest BCUT2D eigenvalue weighted by Gasteiger charge is -2.31. The van der Waals surface area contributed by atoms with Gasteiger partial charge in [0, 0.05) is 0 Å². The van der Waals surface area contributed by atoms with E-state index in [1.54, 1.807) is 25.1 Å². The van der Waals surface area contributed by atoms with Gasteiger partial charge in [-0.15, -0.1) is 0 Å². The predicted molar refractivity (Wildman–Crippen MR) is 130 cm³/mol. The number of benzene rings is 2. The summed E-state index contributed by atoms with van der Waals surface area (Å²) in [6.07, 6.45) is 1.63. The van der Waals surface area contributed by atoms with Gasteiger partial charge in [0.05, 0.1) is 35.5 Å². The van der Waals surface area contributed by atoms with Gasteiger partial charge in [-0.25, -0.2) is 4.79 Å². The van der Waals surface area contributed by atoms with Crippen molar-refractivity contribution >= 4 is 40.6 Å². The van der Waals surface area contributed by atoms with E-state index in [0.29, 0.717) is 45.1 Å². The van der Waals surface area contributed by atoms with Crippen molar-refractivity contribution in [2.24, 2.45) is 0 Å². The molecule has 0 amide bonds. The van der Waals surface area contributed by atoms with Crippen molar-refractivity contribution in [2.75, 3.05) is 19.8 Å². The minimum atomic E-state index is -0.608. The van der Waals surface area contributed by atoms with Crippen molar-refractivity contribution in [3.8, 4) is 11.5 Å². The van der Waals surface area contributed by atoms with Gasteiger partial charge >= 0.3 is 5.97 Å². The van der Waals surface area contributed by atoms with Crippen LogP contribution < -0.4 is 20.1 Å². The van der Waals surface area contributed by atoms with E-state index in [2.05, 4.69) is 17.2 Å². The van der Waals surface area contributed by atoms with Gasteiger partial charge in [0.1, 0.15) is 6.61 Å². The lowest BCUT2D eigenvalue weighted by Crippen LogP contribution is -2.45. The summed E-state index contributed by atoms with van der Waals surface area (Å²) < 4.78 is 16.9. The lowest BCUT2D eigenvalue weighted by atomic mass is 9.92. The third-order valence-electron chi connectivity index (χ3n) is 4.64. The second kappa shape index (κ2) is 11.0. The summed E-state index contributed by atoms with van der Waals surface area (Å²) in [4.78, 5) is 13.1. The Morgan fingerprint density at radius 3 is 2.59 bits per heavy atom. The zero-order valence-electron chi connectivity index (χ0n) is 17.9. The molecule has 0 saturated heterocycles. The predicted octanol–water partition coefficient (Wildman–Crippen LogP) is 4.80. The largest absolute Gasteiger partial charge is 0.490 e. The van der Waals surface area contributed by atoms with Gasteiger partial charge in [0.15, 0.2) is 16.6 Å². The Hall–Kier alpha value is -3.03. The molecule has 0 fully saturated rings. The van der Waals surface area contributed by atoms with Crippen molar-refractivity contribution in [2.45, 2.75) is 19.9 Å². The molecule has 0 bridgehead atoms. The van der Waals surface area contributed by atoms with Crippen molar-refractivity contribution < 1.29 is 19.0 Å². The van der Waals surface area contributed by atoms with E-state index in [9.17, 15) is 4.79 Å². The van der Waals surface area contributed by atoms with Crippen LogP contribution in [0.4, 0.5) is 0 Å². The molecule has 0 aromatic heterocycles. The fourth-order valence-corrected chi connectivity index (χ4v) is 3.87. The van der Waals surface area contributed by atoms with Crippen LogP contribution in [0.2, 0.25) is 5.02 Å². The van der Waals surface area contributed by atoms with E-state index < -0.39 is 12.0 Å². The number of rotatable bonds is 9. The number of ether oxygens (including phenoxy) is 3. The Kier molecular flexibility index (Phi) is 8.14. The number of hydrogen-bond donors (Lipinski definition) is 2. The van der Waals surface area contributed by atoms with Crippen LogP contribution >= 0.6 is 23.8 Å². The maximum absolute atomic E-state index is 13.1. The summed E-state index contributed by atoms with van der Waals surface area (Å²) in [5.41, 5.74) is 2.47. The number of carbonyl (C=O) groups is 1. The van der Waals surface area contributed by atoms with E-state index in [1.807, 2.05) is 37.3 Å². The Balaban J connectivity index is 2.18. The maximum atomic E-state index is 13.1. The van der Waals surface area contributed by atoms with Gasteiger partial charge in [0.25, 0.3) is 0 Å². The fourth-order valence-electron chi connectivity index (χ4n) is 3.38. The Labute approximate surface area is 198 Å². The molecule has 0 spiro atoms. The SMILES string of the molecule is C=CCOc1c(Cl)cc([C@H]2NC(=S)NC(c3ccccc3)=C2C(=O)OCC)cc1OCC. The monoisotopic (exact) mass is 472 g/mol. The molecule has 2 N–H and O–H groups in total. The molecular formula is C24H25ClN2O4S. The highest BCUT2D eigenvalue weighted by molar-refractivity contribution is 7.80. The highest BCUT2D eigenvalue weighted by Crippen LogP contribution is 2.41. The van der Waals surface area contributed by atoms with Crippen LogP contribution in [0.1, 0.15) is 31.0 Å². The van der Waals surface area contributed by atoms with Gasteiger partial charge in [-0.3, -0.25) is 0 Å². The van der Waals surface area contributed by atoms with Crippen molar-refractivity contribution in [3.63, 3.8) is 0 Å². The molecule has 1 aliphatic rings. The fraction of sp³-hybridized carbons (Fsp3) is 0.250. The topological polar surface area (TPSA) is 68.8 Å². The summed E-state index contributed by atoms with van der Waals surface area (Å²) in [7, 11) is 0. The average molecular weight is 473 g/mol. The van der Waals surface area contributed by atoms with Gasteiger partial charge in [-0.05, 0) is 49.3 Å². The highest BCUT2D eigenvalue weighted by atomic mass is 35.5. The number of esters is 1. The first-order valence-electron chi connectivity index (χ1n) is 10.2. The molecule has 168 valence electrons. The standard InChI is InChI=1S/C24H25ClN2O4S/c1-4-12-31-22-17(25)13-16(14-18(22)29-5-2)21-19(23(28)30-6-3)20(26-24(32)27-21)15-10-8-7-9-11-15/h4,7-11,13-14,21H,1,5-6,12H2,2-3H3,(H2,26,27,32)/t21-/m1/s1. The molecule has 0 saturated carbocycles. The van der Waals surface area contributed by atoms with E-state index in [-0.39, 0.29) is 13.2 Å². The Bertz CT molecular complexity index is 1040. The molecule has 3 rings (SSSR count). The molecule has 2 aromatic rings. The average Bonchev–Trinajstić information content (AvgIpc) is 2.78. The van der Waals surface area contributed by atoms with E-state index in [1.165, 1.54) is 0 Å². The summed E-state index contributed by atoms with van der Waals surface area (Å²) in [6.45, 7) is 8.23. The number of carbonyl (C=O) groups excluding carboxylic acids is 1. The number of nitrogens with one attached hydrogen (secondary N) is 2. The molecule has 2 aromatic carbocycles. The normalized spacial score (nSPS) is 15.5. The van der Waals surface area contributed by atoms with Crippen LogP contribution in [0.25, 0.3) is 5.70 Å². The number of hydrogen-bond acceptors (Lipinski definition) is 5. The molecule has 0 unspecified atom stereocenters. The molecule has 8 heteroatoms. The number of halogens is 1. The first-order valence-corrected chi connectivity index (χ1v) is 11.0. The van der Waals surface area contributed by atoms with Gasteiger partial charge in [-0.2, -0.15) is 0 Å². The van der Waals surface area contributed by atoms with Crippen molar-refractivity contribution in [3.05, 3.63) is 76.8 Å². The lowest BCUT2D eigenvalue weighted by molar-refractivity contribution is -0.138. The quantitative estimate of drug-likeness (QED) is 0.308. The van der Waals surface area contributed by atoms with E-state index in [0.717, 1.165) is 5.56 Å². The third kappa shape index (κ3) is 5.23. The Morgan fingerprint density at radius 2 is 1.94 bits per heavy atom. The van der Waals surface area contributed by atoms with Crippen LogP contribution in [-0.4, -0.2) is 30.9 Å². The molecule has 6 nitrogen and oxygen atoms in total. The minimum absolute atomic E-state index is 0.237. The van der Waals surface area contributed by atoms with E-state index >= 15 is 0 Å². The minimum Gasteiger partial charge on any atom is -0.490 e. The van der Waals surface area contributed by atoms with Gasteiger partial charge in [-0.1, -0.05) is 54.6 Å². The second-order valence-electron chi connectivity index (χ2n) is 6.77. The van der Waals surface area contributed by atoms with Gasteiger partial charge < -0.3 is 24.8 Å². The molecule has 1 aliphatic heterocycles. The Morgan fingerprint density at radius 1 is 1.19 bits per heavy atom. The highest BCUT2D eigenvalue weighted by Gasteiger charge is 2.34. The first kappa shape index (κ1) is 23.6. The molecule has 0 radical (unpaired) electrons. The zero-order valence-corrected chi connectivity index (χ0v) is 19.5. The number of thiocarbonyl (C=S) groups is 1. The molecular weight excluding hydrogens is 448 g/mol. The third-order valence-corrected chi connectivity index (χ3v) is 5.14. The van der Waals surface area contributed by atoms with Crippen LogP contribution in [-0.2, 0) is 9.53 Å². The molecule has 0 aliphatic carbocycles. The van der Waals surface area contributed by atoms with Crippen LogP contribution in [0.15, 0.2) is 60.7 Å². The van der Waals surface area contributed by atoms with Crippen LogP contribution in [0.3, 0.4) is 0 Å². The molecule has 1 atom stereocenters. The summed E-state index contributed by atoms with van der Waals surface area (Å²) in [5.74, 6) is 0.422. The molecule has 32 heavy (non-hydrogen) atoms. The zero-order chi connectivity index (χ0) is 23.1. The second-order valence-corrected chi connectivity index (χ2v) is 7.58. The van der Waals surface area contributed by atoms with Crippen LogP contribution in [0.5, 0.6) is 11.5 Å². The first-order chi connectivity index (χ1) is 15.5. The molecule has 1 heterocycles. The van der Waals surface area contributed by atoms with Crippen molar-refractivity contribution in [1.29, 1.82) is 0 Å². The van der Waals surface area contributed by atoms with Gasteiger partial charge in [0.2, 0.25) is 0 Å².